The number of nitrogens with one attached hydrogen (secondary N) is 1. The molecule has 1 fully saturated rings. The van der Waals surface area contributed by atoms with Crippen LogP contribution in [-0.2, 0) is 11.3 Å². The average Bonchev–Trinajstić information content (AvgIpc) is 2.42. The van der Waals surface area contributed by atoms with Crippen molar-refractivity contribution in [2.45, 2.75) is 39.3 Å². The van der Waals surface area contributed by atoms with Crippen LogP contribution < -0.4 is 5.32 Å². The highest BCUT2D eigenvalue weighted by molar-refractivity contribution is 5.34. The summed E-state index contributed by atoms with van der Waals surface area (Å²) in [5, 5.41) is 3.26. The highest BCUT2D eigenvalue weighted by Crippen LogP contribution is 2.16. The normalized spacial score (nSPS) is 17.6. The summed E-state index contributed by atoms with van der Waals surface area (Å²) in [5.41, 5.74) is 1.15. The van der Waals surface area contributed by atoms with E-state index in [1.165, 1.54) is 0 Å². The van der Waals surface area contributed by atoms with Gasteiger partial charge in [0.1, 0.15) is 5.82 Å². The predicted molar refractivity (Wildman–Crippen MR) is 78.3 cm³/mol. The van der Waals surface area contributed by atoms with Gasteiger partial charge in [0.25, 0.3) is 0 Å². The average molecular weight is 263 g/mol. The second-order valence-electron chi connectivity index (χ2n) is 4.98. The van der Waals surface area contributed by atoms with Crippen molar-refractivity contribution in [1.82, 2.24) is 9.88 Å². The van der Waals surface area contributed by atoms with Gasteiger partial charge in [0, 0.05) is 32.8 Å². The zero-order valence-corrected chi connectivity index (χ0v) is 12.1. The van der Waals surface area contributed by atoms with Gasteiger partial charge in [0.2, 0.25) is 0 Å². The van der Waals surface area contributed by atoms with Crippen molar-refractivity contribution in [1.29, 1.82) is 0 Å². The molecule has 0 bridgehead atoms. The lowest BCUT2D eigenvalue weighted by molar-refractivity contribution is 0.0123. The Kier molecular flexibility index (Phi) is 5.61. The number of aromatic nitrogens is 1. The van der Waals surface area contributed by atoms with Crippen molar-refractivity contribution in [2.75, 3.05) is 31.6 Å². The van der Waals surface area contributed by atoms with E-state index in [2.05, 4.69) is 41.2 Å². The molecule has 1 saturated heterocycles. The molecule has 0 aliphatic carbocycles. The first kappa shape index (κ1) is 14.3. The van der Waals surface area contributed by atoms with Gasteiger partial charge >= 0.3 is 0 Å². The monoisotopic (exact) mass is 263 g/mol. The quantitative estimate of drug-likeness (QED) is 0.856. The molecule has 19 heavy (non-hydrogen) atoms. The molecular formula is C15H25N3O. The van der Waals surface area contributed by atoms with Gasteiger partial charge in [-0.25, -0.2) is 4.98 Å². The molecular weight excluding hydrogens is 238 g/mol. The van der Waals surface area contributed by atoms with Gasteiger partial charge in [0.05, 0.1) is 11.8 Å². The minimum Gasteiger partial charge on any atom is -0.378 e. The van der Waals surface area contributed by atoms with Crippen LogP contribution in [0.25, 0.3) is 0 Å². The third-order valence-corrected chi connectivity index (χ3v) is 3.49. The van der Waals surface area contributed by atoms with Gasteiger partial charge in [-0.1, -0.05) is 6.07 Å². The first-order valence-corrected chi connectivity index (χ1v) is 7.35. The Bertz CT molecular complexity index is 375. The summed E-state index contributed by atoms with van der Waals surface area (Å²) in [6.45, 7) is 9.07. The predicted octanol–water partition coefficient (Wildman–Crippen LogP) is 2.51. The van der Waals surface area contributed by atoms with E-state index in [0.29, 0.717) is 6.10 Å². The molecule has 0 spiro atoms. The Balaban J connectivity index is 1.83. The van der Waals surface area contributed by atoms with Crippen LogP contribution in [0.5, 0.6) is 0 Å². The molecule has 0 atom stereocenters. The summed E-state index contributed by atoms with van der Waals surface area (Å²) in [6, 6.07) is 6.21. The van der Waals surface area contributed by atoms with Crippen molar-refractivity contribution in [2.24, 2.45) is 0 Å². The van der Waals surface area contributed by atoms with Gasteiger partial charge in [-0.2, -0.15) is 0 Å². The van der Waals surface area contributed by atoms with Crippen molar-refractivity contribution in [3.63, 3.8) is 0 Å². The van der Waals surface area contributed by atoms with Crippen LogP contribution in [0.15, 0.2) is 18.2 Å². The number of pyridine rings is 1. The van der Waals surface area contributed by atoms with E-state index in [1.54, 1.807) is 0 Å². The second-order valence-corrected chi connectivity index (χ2v) is 4.98. The summed E-state index contributed by atoms with van der Waals surface area (Å²) < 4.78 is 5.68. The molecule has 106 valence electrons. The van der Waals surface area contributed by atoms with Crippen LogP contribution in [0.4, 0.5) is 5.82 Å². The first-order chi connectivity index (χ1) is 9.31. The fraction of sp³-hybridized carbons (Fsp3) is 0.667. The molecule has 1 N–H and O–H groups in total. The summed E-state index contributed by atoms with van der Waals surface area (Å²) in [7, 11) is 0. The van der Waals surface area contributed by atoms with Crippen LogP contribution in [0.2, 0.25) is 0 Å². The smallest absolute Gasteiger partial charge is 0.126 e. The number of piperidine rings is 1. The van der Waals surface area contributed by atoms with Gasteiger partial charge < -0.3 is 10.1 Å². The maximum Gasteiger partial charge on any atom is 0.126 e. The maximum absolute atomic E-state index is 5.68. The Hall–Kier alpha value is -1.13. The third-order valence-electron chi connectivity index (χ3n) is 3.49. The van der Waals surface area contributed by atoms with Crippen LogP contribution in [-0.4, -0.2) is 42.2 Å². The van der Waals surface area contributed by atoms with Crippen LogP contribution >= 0.6 is 0 Å². The lowest BCUT2D eigenvalue weighted by atomic mass is 10.1. The molecule has 1 aromatic rings. The number of hydrogen-bond acceptors (Lipinski definition) is 4. The highest BCUT2D eigenvalue weighted by Gasteiger charge is 2.19. The Morgan fingerprint density at radius 2 is 2.11 bits per heavy atom. The van der Waals surface area contributed by atoms with E-state index in [4.69, 9.17) is 4.74 Å². The number of anilines is 1. The number of nitrogens with zero attached hydrogens (tertiary/aromatic N) is 2. The van der Waals surface area contributed by atoms with E-state index < -0.39 is 0 Å². The number of hydrogen-bond donors (Lipinski definition) is 1. The number of rotatable bonds is 6. The van der Waals surface area contributed by atoms with E-state index in [-0.39, 0.29) is 0 Å². The molecule has 0 radical (unpaired) electrons. The molecule has 1 aliphatic heterocycles. The van der Waals surface area contributed by atoms with Gasteiger partial charge in [-0.3, -0.25) is 4.90 Å². The highest BCUT2D eigenvalue weighted by atomic mass is 16.5. The van der Waals surface area contributed by atoms with E-state index in [0.717, 1.165) is 57.1 Å². The van der Waals surface area contributed by atoms with Crippen molar-refractivity contribution in [3.05, 3.63) is 23.9 Å². The summed E-state index contributed by atoms with van der Waals surface area (Å²) >= 11 is 0. The van der Waals surface area contributed by atoms with E-state index >= 15 is 0 Å². The topological polar surface area (TPSA) is 37.4 Å². The first-order valence-electron chi connectivity index (χ1n) is 7.35. The summed E-state index contributed by atoms with van der Waals surface area (Å²) in [6.07, 6.45) is 2.74. The minimum absolute atomic E-state index is 0.460. The molecule has 0 unspecified atom stereocenters. The molecule has 2 rings (SSSR count). The fourth-order valence-corrected chi connectivity index (χ4v) is 2.55. The Morgan fingerprint density at radius 3 is 2.79 bits per heavy atom. The SMILES string of the molecule is CCNc1cccc(CN2CCC(OCC)CC2)n1. The fourth-order valence-electron chi connectivity index (χ4n) is 2.55. The molecule has 0 amide bonds. The van der Waals surface area contributed by atoms with Crippen LogP contribution in [0.1, 0.15) is 32.4 Å². The Morgan fingerprint density at radius 1 is 1.32 bits per heavy atom. The lowest BCUT2D eigenvalue weighted by Crippen LogP contribution is -2.36. The lowest BCUT2D eigenvalue weighted by Gasteiger charge is -2.31. The Labute approximate surface area is 116 Å². The number of likely N-dealkylation sites (tertiary alicyclic amines) is 1. The number of ether oxygens (including phenoxy) is 1. The molecule has 2 heterocycles. The third kappa shape index (κ3) is 4.48. The summed E-state index contributed by atoms with van der Waals surface area (Å²) in [4.78, 5) is 7.09. The molecule has 0 saturated carbocycles. The molecule has 0 aromatic carbocycles. The van der Waals surface area contributed by atoms with Gasteiger partial charge in [-0.15, -0.1) is 0 Å². The minimum atomic E-state index is 0.460. The molecule has 4 nitrogen and oxygen atoms in total. The largest absolute Gasteiger partial charge is 0.378 e. The van der Waals surface area contributed by atoms with Crippen LogP contribution in [0, 0.1) is 0 Å². The van der Waals surface area contributed by atoms with Crippen molar-refractivity contribution in [3.8, 4) is 0 Å². The molecule has 1 aromatic heterocycles. The molecule has 4 heteroatoms. The zero-order chi connectivity index (χ0) is 13.5. The maximum atomic E-state index is 5.68. The van der Waals surface area contributed by atoms with E-state index in [9.17, 15) is 0 Å². The standard InChI is InChI=1S/C15H25N3O/c1-3-16-15-7-5-6-13(17-15)12-18-10-8-14(9-11-18)19-4-2/h5-7,14H,3-4,8-12H2,1-2H3,(H,16,17). The second kappa shape index (κ2) is 7.46. The van der Waals surface area contributed by atoms with Crippen molar-refractivity contribution < 1.29 is 4.74 Å². The van der Waals surface area contributed by atoms with E-state index in [1.807, 2.05) is 6.07 Å². The van der Waals surface area contributed by atoms with Crippen LogP contribution in [0.3, 0.4) is 0 Å². The van der Waals surface area contributed by atoms with Crippen molar-refractivity contribution >= 4 is 5.82 Å². The summed E-state index contributed by atoms with van der Waals surface area (Å²) in [5.74, 6) is 0.976. The molecule has 1 aliphatic rings. The van der Waals surface area contributed by atoms with Gasteiger partial charge in [0.15, 0.2) is 0 Å². The van der Waals surface area contributed by atoms with Gasteiger partial charge in [-0.05, 0) is 38.8 Å². The zero-order valence-electron chi connectivity index (χ0n) is 12.1.